The van der Waals surface area contributed by atoms with Crippen molar-refractivity contribution in [2.45, 2.75) is 46.8 Å². The molecule has 0 spiro atoms. The summed E-state index contributed by atoms with van der Waals surface area (Å²) in [5.74, 6) is 1.55. The Morgan fingerprint density at radius 2 is 2.12 bits per heavy atom. The minimum atomic E-state index is 0.469. The lowest BCUT2D eigenvalue weighted by Crippen LogP contribution is -2.24. The van der Waals surface area contributed by atoms with Gasteiger partial charge in [0.25, 0.3) is 0 Å². The van der Waals surface area contributed by atoms with Crippen LogP contribution in [-0.2, 0) is 11.3 Å². The summed E-state index contributed by atoms with van der Waals surface area (Å²) >= 11 is 0. The van der Waals surface area contributed by atoms with Crippen LogP contribution in [-0.4, -0.2) is 24.2 Å². The summed E-state index contributed by atoms with van der Waals surface area (Å²) in [6.45, 7) is 10.3. The number of aryl methyl sites for hydroxylation is 2. The van der Waals surface area contributed by atoms with Crippen LogP contribution in [0, 0.1) is 13.8 Å². The predicted molar refractivity (Wildman–Crippen MR) is 63.4 cm³/mol. The number of hydrogen-bond acceptors (Lipinski definition) is 4. The SMILES string of the molecule is Cc1nc(COCCCNC(C)C)oc1C. The number of aromatic nitrogens is 1. The third kappa shape index (κ3) is 4.77. The summed E-state index contributed by atoms with van der Waals surface area (Å²) in [4.78, 5) is 4.25. The average Bonchev–Trinajstić information content (AvgIpc) is 2.52. The quantitative estimate of drug-likeness (QED) is 0.724. The van der Waals surface area contributed by atoms with E-state index in [1.54, 1.807) is 0 Å². The van der Waals surface area contributed by atoms with E-state index in [0.717, 1.165) is 31.0 Å². The molecular weight excluding hydrogens is 204 g/mol. The first kappa shape index (κ1) is 13.2. The molecule has 0 amide bonds. The normalized spacial score (nSPS) is 11.3. The van der Waals surface area contributed by atoms with Gasteiger partial charge in [-0.1, -0.05) is 13.8 Å². The summed E-state index contributed by atoms with van der Waals surface area (Å²) in [5, 5.41) is 3.34. The van der Waals surface area contributed by atoms with E-state index in [1.165, 1.54) is 0 Å². The first-order valence-corrected chi connectivity index (χ1v) is 5.83. The van der Waals surface area contributed by atoms with Gasteiger partial charge >= 0.3 is 0 Å². The van der Waals surface area contributed by atoms with Crippen molar-refractivity contribution in [2.24, 2.45) is 0 Å². The summed E-state index contributed by atoms with van der Waals surface area (Å²) in [5.41, 5.74) is 0.945. The molecule has 0 aliphatic carbocycles. The van der Waals surface area contributed by atoms with Crippen molar-refractivity contribution in [3.05, 3.63) is 17.3 Å². The van der Waals surface area contributed by atoms with E-state index in [-0.39, 0.29) is 0 Å². The van der Waals surface area contributed by atoms with Gasteiger partial charge in [-0.15, -0.1) is 0 Å². The van der Waals surface area contributed by atoms with Crippen molar-refractivity contribution >= 4 is 0 Å². The third-order valence-corrected chi connectivity index (χ3v) is 2.32. The largest absolute Gasteiger partial charge is 0.443 e. The Balaban J connectivity index is 2.07. The molecule has 4 nitrogen and oxygen atoms in total. The zero-order valence-corrected chi connectivity index (χ0v) is 10.7. The predicted octanol–water partition coefficient (Wildman–Crippen LogP) is 2.20. The highest BCUT2D eigenvalue weighted by atomic mass is 16.5. The van der Waals surface area contributed by atoms with Gasteiger partial charge in [0.1, 0.15) is 12.4 Å². The highest BCUT2D eigenvalue weighted by Crippen LogP contribution is 2.08. The van der Waals surface area contributed by atoms with E-state index in [1.807, 2.05) is 13.8 Å². The van der Waals surface area contributed by atoms with E-state index < -0.39 is 0 Å². The molecule has 0 bridgehead atoms. The molecule has 0 radical (unpaired) electrons. The second-order valence-electron chi connectivity index (χ2n) is 4.26. The van der Waals surface area contributed by atoms with Crippen LogP contribution in [0.1, 0.15) is 37.6 Å². The minimum absolute atomic E-state index is 0.469. The molecule has 1 rings (SSSR count). The Bertz CT molecular complexity index is 288. The Labute approximate surface area is 97.4 Å². The molecule has 16 heavy (non-hydrogen) atoms. The van der Waals surface area contributed by atoms with Gasteiger partial charge in [0, 0.05) is 12.6 Å². The standard InChI is InChI=1S/C12H22N2O2/c1-9(2)13-6-5-7-15-8-12-14-10(3)11(4)16-12/h9,13H,5-8H2,1-4H3. The fourth-order valence-electron chi connectivity index (χ4n) is 1.33. The van der Waals surface area contributed by atoms with Crippen molar-refractivity contribution < 1.29 is 9.15 Å². The van der Waals surface area contributed by atoms with Crippen LogP contribution in [0.25, 0.3) is 0 Å². The first-order valence-electron chi connectivity index (χ1n) is 5.83. The van der Waals surface area contributed by atoms with Crippen LogP contribution in [0.4, 0.5) is 0 Å². The molecule has 0 aromatic carbocycles. The lowest BCUT2D eigenvalue weighted by molar-refractivity contribution is 0.0995. The van der Waals surface area contributed by atoms with Crippen LogP contribution in [0.3, 0.4) is 0 Å². The van der Waals surface area contributed by atoms with Crippen molar-refractivity contribution in [3.63, 3.8) is 0 Å². The summed E-state index contributed by atoms with van der Waals surface area (Å²) in [6.07, 6.45) is 1.01. The Hall–Kier alpha value is -0.870. The first-order chi connectivity index (χ1) is 7.59. The van der Waals surface area contributed by atoms with Crippen LogP contribution in [0.15, 0.2) is 4.42 Å². The average molecular weight is 226 g/mol. The van der Waals surface area contributed by atoms with Crippen molar-refractivity contribution in [3.8, 4) is 0 Å². The smallest absolute Gasteiger partial charge is 0.220 e. The molecule has 0 saturated carbocycles. The maximum absolute atomic E-state index is 5.47. The zero-order valence-electron chi connectivity index (χ0n) is 10.7. The van der Waals surface area contributed by atoms with Crippen molar-refractivity contribution in [1.29, 1.82) is 0 Å². The molecule has 1 heterocycles. The number of hydrogen-bond donors (Lipinski definition) is 1. The van der Waals surface area contributed by atoms with Crippen molar-refractivity contribution in [1.82, 2.24) is 10.3 Å². The molecule has 0 aliphatic rings. The maximum Gasteiger partial charge on any atom is 0.220 e. The van der Waals surface area contributed by atoms with E-state index in [2.05, 4.69) is 24.1 Å². The third-order valence-electron chi connectivity index (χ3n) is 2.32. The van der Waals surface area contributed by atoms with E-state index in [4.69, 9.17) is 9.15 Å². The number of nitrogens with zero attached hydrogens (tertiary/aromatic N) is 1. The highest BCUT2D eigenvalue weighted by molar-refractivity contribution is 5.04. The van der Waals surface area contributed by atoms with Gasteiger partial charge in [-0.05, 0) is 26.8 Å². The lowest BCUT2D eigenvalue weighted by atomic mass is 10.3. The maximum atomic E-state index is 5.47. The lowest BCUT2D eigenvalue weighted by Gasteiger charge is -2.07. The molecule has 4 heteroatoms. The van der Waals surface area contributed by atoms with E-state index in [9.17, 15) is 0 Å². The number of oxazole rings is 1. The monoisotopic (exact) mass is 226 g/mol. The van der Waals surface area contributed by atoms with Gasteiger partial charge in [0.2, 0.25) is 5.89 Å². The summed E-state index contributed by atoms with van der Waals surface area (Å²) in [6, 6.07) is 0.539. The topological polar surface area (TPSA) is 47.3 Å². The molecule has 0 unspecified atom stereocenters. The van der Waals surface area contributed by atoms with Gasteiger partial charge in [-0.3, -0.25) is 0 Å². The molecule has 1 N–H and O–H groups in total. The number of rotatable bonds is 7. The van der Waals surface area contributed by atoms with Gasteiger partial charge in [-0.25, -0.2) is 4.98 Å². The summed E-state index contributed by atoms with van der Waals surface area (Å²) in [7, 11) is 0. The highest BCUT2D eigenvalue weighted by Gasteiger charge is 2.04. The molecule has 0 saturated heterocycles. The van der Waals surface area contributed by atoms with Crippen LogP contribution in [0.2, 0.25) is 0 Å². The van der Waals surface area contributed by atoms with Gasteiger partial charge in [0.15, 0.2) is 0 Å². The fraction of sp³-hybridized carbons (Fsp3) is 0.750. The zero-order chi connectivity index (χ0) is 12.0. The van der Waals surface area contributed by atoms with Crippen LogP contribution in [0.5, 0.6) is 0 Å². The molecule has 92 valence electrons. The Morgan fingerprint density at radius 1 is 1.38 bits per heavy atom. The van der Waals surface area contributed by atoms with Gasteiger partial charge in [-0.2, -0.15) is 0 Å². The minimum Gasteiger partial charge on any atom is -0.443 e. The summed E-state index contributed by atoms with van der Waals surface area (Å²) < 4.78 is 10.9. The second-order valence-corrected chi connectivity index (χ2v) is 4.26. The number of nitrogens with one attached hydrogen (secondary N) is 1. The molecule has 1 aromatic heterocycles. The molecular formula is C12H22N2O2. The van der Waals surface area contributed by atoms with E-state index in [0.29, 0.717) is 18.5 Å². The molecule has 0 atom stereocenters. The molecule has 0 aliphatic heterocycles. The molecule has 0 fully saturated rings. The van der Waals surface area contributed by atoms with E-state index >= 15 is 0 Å². The second kappa shape index (κ2) is 6.66. The van der Waals surface area contributed by atoms with Crippen LogP contribution >= 0.6 is 0 Å². The Kier molecular flexibility index (Phi) is 5.49. The van der Waals surface area contributed by atoms with Gasteiger partial charge < -0.3 is 14.5 Å². The van der Waals surface area contributed by atoms with Crippen LogP contribution < -0.4 is 5.32 Å². The fourth-order valence-corrected chi connectivity index (χ4v) is 1.33. The molecule has 1 aromatic rings. The van der Waals surface area contributed by atoms with Crippen molar-refractivity contribution in [2.75, 3.05) is 13.2 Å². The Morgan fingerprint density at radius 3 is 2.69 bits per heavy atom. The van der Waals surface area contributed by atoms with Gasteiger partial charge in [0.05, 0.1) is 5.69 Å². The number of ether oxygens (including phenoxy) is 1.